The van der Waals surface area contributed by atoms with Gasteiger partial charge in [0, 0.05) is 20.6 Å². The highest BCUT2D eigenvalue weighted by Crippen LogP contribution is 2.37. The lowest BCUT2D eigenvalue weighted by atomic mass is 9.81. The van der Waals surface area contributed by atoms with E-state index in [2.05, 4.69) is 0 Å². The second kappa shape index (κ2) is 8.25. The van der Waals surface area contributed by atoms with Crippen molar-refractivity contribution in [2.45, 2.75) is 32.1 Å². The highest BCUT2D eigenvalue weighted by molar-refractivity contribution is 6.05. The van der Waals surface area contributed by atoms with E-state index in [9.17, 15) is 28.8 Å². The van der Waals surface area contributed by atoms with Gasteiger partial charge >= 0.3 is 11.7 Å². The lowest BCUT2D eigenvalue weighted by Crippen LogP contribution is -2.42. The second-order valence-corrected chi connectivity index (χ2v) is 7.63. The quantitative estimate of drug-likeness (QED) is 0.348. The highest BCUT2D eigenvalue weighted by Gasteiger charge is 2.47. The Hall–Kier alpha value is -3.24. The van der Waals surface area contributed by atoms with Crippen LogP contribution in [0, 0.1) is 11.8 Å². The van der Waals surface area contributed by atoms with Gasteiger partial charge in [-0.2, -0.15) is 0 Å². The van der Waals surface area contributed by atoms with Crippen molar-refractivity contribution in [2.24, 2.45) is 25.9 Å². The van der Waals surface area contributed by atoms with Crippen LogP contribution >= 0.6 is 0 Å². The first-order valence-corrected chi connectivity index (χ1v) is 9.74. The van der Waals surface area contributed by atoms with Crippen LogP contribution in [-0.4, -0.2) is 50.8 Å². The predicted octanol–water partition coefficient (Wildman–Crippen LogP) is -1.04. The van der Waals surface area contributed by atoms with Crippen LogP contribution in [0.3, 0.4) is 0 Å². The smallest absolute Gasteiger partial charge is 0.332 e. The van der Waals surface area contributed by atoms with Crippen molar-refractivity contribution in [2.75, 3.05) is 18.9 Å². The molecule has 1 saturated heterocycles. The number of nitrogens with zero attached hydrogens (tertiary/aromatic N) is 3. The molecule has 2 heterocycles. The largest absolute Gasteiger partial charge is 0.457 e. The number of anilines is 1. The Morgan fingerprint density at radius 1 is 1.00 bits per heavy atom. The summed E-state index contributed by atoms with van der Waals surface area (Å²) in [6.07, 6.45) is 2.92. The Kier molecular flexibility index (Phi) is 5.90. The molecule has 2 amide bonds. The van der Waals surface area contributed by atoms with Crippen LogP contribution in [0.5, 0.6) is 0 Å². The molecule has 0 unspecified atom stereocenters. The first-order chi connectivity index (χ1) is 14.1. The zero-order valence-corrected chi connectivity index (χ0v) is 16.9. The summed E-state index contributed by atoms with van der Waals surface area (Å²) in [7, 11) is 2.51. The van der Waals surface area contributed by atoms with Gasteiger partial charge in [0.05, 0.1) is 18.3 Å². The van der Waals surface area contributed by atoms with E-state index in [0.29, 0.717) is 12.8 Å². The number of esters is 1. The number of hydrogen-bond acceptors (Lipinski definition) is 8. The molecule has 2 N–H and O–H groups in total. The van der Waals surface area contributed by atoms with Gasteiger partial charge in [0.15, 0.2) is 6.61 Å². The normalized spacial score (nSPS) is 20.9. The molecular formula is C19H24N4O7. The second-order valence-electron chi connectivity index (χ2n) is 7.63. The maximum absolute atomic E-state index is 12.4. The molecule has 162 valence electrons. The number of hydrogen-bond donors (Lipinski definition) is 1. The van der Waals surface area contributed by atoms with Gasteiger partial charge in [-0.25, -0.2) is 4.79 Å². The minimum Gasteiger partial charge on any atom is -0.457 e. The Bertz CT molecular complexity index is 1010. The van der Waals surface area contributed by atoms with E-state index >= 15 is 0 Å². The fraction of sp³-hybridized carbons (Fsp3) is 0.579. The lowest BCUT2D eigenvalue weighted by molar-refractivity contribution is -0.145. The fourth-order valence-corrected chi connectivity index (χ4v) is 4.07. The summed E-state index contributed by atoms with van der Waals surface area (Å²) >= 11 is 0. The third-order valence-electron chi connectivity index (χ3n) is 5.82. The van der Waals surface area contributed by atoms with Crippen molar-refractivity contribution in [1.82, 2.24) is 14.0 Å². The Balaban J connectivity index is 1.59. The number of fused-ring (bicyclic) bond motifs is 1. The van der Waals surface area contributed by atoms with E-state index in [1.165, 1.54) is 14.1 Å². The molecule has 2 aliphatic rings. The number of amides is 2. The Labute approximate surface area is 171 Å². The summed E-state index contributed by atoms with van der Waals surface area (Å²) in [4.78, 5) is 74.2. The van der Waals surface area contributed by atoms with Gasteiger partial charge in [0.2, 0.25) is 17.6 Å². The van der Waals surface area contributed by atoms with Crippen LogP contribution in [0.1, 0.15) is 42.5 Å². The van der Waals surface area contributed by atoms with Crippen LogP contribution in [0.2, 0.25) is 0 Å². The summed E-state index contributed by atoms with van der Waals surface area (Å²) in [6, 6.07) is 0. The van der Waals surface area contributed by atoms with E-state index in [0.717, 1.165) is 26.9 Å². The number of carbonyl (C=O) groups excluding carboxylic acids is 4. The average molecular weight is 420 g/mol. The van der Waals surface area contributed by atoms with E-state index in [1.807, 2.05) is 0 Å². The summed E-state index contributed by atoms with van der Waals surface area (Å²) in [5.74, 6) is -3.07. The molecule has 1 aromatic rings. The summed E-state index contributed by atoms with van der Waals surface area (Å²) in [5.41, 5.74) is 3.68. The molecule has 30 heavy (non-hydrogen) atoms. The molecule has 11 heteroatoms. The van der Waals surface area contributed by atoms with Crippen molar-refractivity contribution in [3.05, 3.63) is 26.4 Å². The zero-order chi connectivity index (χ0) is 22.2. The molecule has 1 aliphatic carbocycles. The molecule has 0 radical (unpaired) electrons. The summed E-state index contributed by atoms with van der Waals surface area (Å²) in [6.45, 7) is -0.856. The van der Waals surface area contributed by atoms with E-state index in [1.54, 1.807) is 0 Å². The number of imide groups is 1. The van der Waals surface area contributed by atoms with Gasteiger partial charge in [-0.1, -0.05) is 12.8 Å². The molecule has 0 bridgehead atoms. The van der Waals surface area contributed by atoms with Gasteiger partial charge in [-0.05, 0) is 12.8 Å². The number of likely N-dealkylation sites (tertiary alicyclic amines) is 1. The lowest BCUT2D eigenvalue weighted by Gasteiger charge is -2.19. The van der Waals surface area contributed by atoms with Gasteiger partial charge < -0.3 is 10.5 Å². The fourth-order valence-electron chi connectivity index (χ4n) is 4.07. The maximum atomic E-state index is 12.4. The summed E-state index contributed by atoms with van der Waals surface area (Å²) < 4.78 is 6.57. The molecular weight excluding hydrogens is 396 g/mol. The number of aromatic nitrogens is 2. The summed E-state index contributed by atoms with van der Waals surface area (Å²) in [5, 5.41) is 0. The first kappa shape index (κ1) is 21.5. The monoisotopic (exact) mass is 420 g/mol. The van der Waals surface area contributed by atoms with E-state index in [4.69, 9.17) is 10.5 Å². The molecule has 2 fully saturated rings. The number of rotatable bonds is 6. The number of ether oxygens (including phenoxy) is 1. The number of carbonyl (C=O) groups is 4. The van der Waals surface area contributed by atoms with E-state index in [-0.39, 0.29) is 42.4 Å². The molecule has 0 spiro atoms. The third-order valence-corrected chi connectivity index (χ3v) is 5.82. The van der Waals surface area contributed by atoms with Gasteiger partial charge in [-0.15, -0.1) is 0 Å². The standard InChI is InChI=1S/C19H24N4O7/c1-21-15(20)14(18(28)22(2)19(21)29)12(24)9-30-13(25)7-8-23-16(26)10-5-3-4-6-11(10)17(23)27/h10-11H,3-9,20H2,1-2H3/t10-,11-/m1/s1. The van der Waals surface area contributed by atoms with Crippen LogP contribution in [0.25, 0.3) is 0 Å². The van der Waals surface area contributed by atoms with Crippen molar-refractivity contribution in [3.8, 4) is 0 Å². The van der Waals surface area contributed by atoms with Crippen molar-refractivity contribution >= 4 is 29.4 Å². The van der Waals surface area contributed by atoms with Crippen molar-refractivity contribution in [1.29, 1.82) is 0 Å². The molecule has 1 aliphatic heterocycles. The minimum atomic E-state index is -0.882. The van der Waals surface area contributed by atoms with Crippen LogP contribution in [0.15, 0.2) is 9.59 Å². The predicted molar refractivity (Wildman–Crippen MR) is 103 cm³/mol. The molecule has 1 saturated carbocycles. The van der Waals surface area contributed by atoms with Crippen LogP contribution < -0.4 is 17.0 Å². The minimum absolute atomic E-state index is 0.110. The zero-order valence-electron chi connectivity index (χ0n) is 16.9. The van der Waals surface area contributed by atoms with Gasteiger partial charge in [0.1, 0.15) is 11.4 Å². The SMILES string of the molecule is Cn1c(N)c(C(=O)COC(=O)CCN2C(=O)[C@@H]3CCCC[C@H]3C2=O)c(=O)n(C)c1=O. The number of nitrogen functional groups attached to an aromatic ring is 1. The topological polar surface area (TPSA) is 151 Å². The number of nitrogens with two attached hydrogens (primary N) is 1. The van der Waals surface area contributed by atoms with Gasteiger partial charge in [-0.3, -0.25) is 38.0 Å². The number of ketones is 1. The average Bonchev–Trinajstić information content (AvgIpc) is 2.98. The van der Waals surface area contributed by atoms with Crippen molar-refractivity contribution < 1.29 is 23.9 Å². The van der Waals surface area contributed by atoms with Gasteiger partial charge in [0.25, 0.3) is 5.56 Å². The Morgan fingerprint density at radius 2 is 1.57 bits per heavy atom. The molecule has 2 atom stereocenters. The van der Waals surface area contributed by atoms with Crippen LogP contribution in [-0.2, 0) is 33.2 Å². The molecule has 11 nitrogen and oxygen atoms in total. The van der Waals surface area contributed by atoms with Crippen LogP contribution in [0.4, 0.5) is 5.82 Å². The number of Topliss-reactive ketones (excluding diaryl/α,β-unsaturated/α-hetero) is 1. The maximum Gasteiger partial charge on any atom is 0.332 e. The van der Waals surface area contributed by atoms with Crippen molar-refractivity contribution in [3.63, 3.8) is 0 Å². The molecule has 1 aromatic heterocycles. The Morgan fingerprint density at radius 3 is 2.13 bits per heavy atom. The van der Waals surface area contributed by atoms with E-state index < -0.39 is 35.2 Å². The highest BCUT2D eigenvalue weighted by atomic mass is 16.5. The third kappa shape index (κ3) is 3.66. The first-order valence-electron chi connectivity index (χ1n) is 9.74. The molecule has 3 rings (SSSR count). The molecule has 0 aromatic carbocycles.